The number of nitrogens with zero attached hydrogens (tertiary/aromatic N) is 5. The Bertz CT molecular complexity index is 913. The van der Waals surface area contributed by atoms with Crippen LogP contribution in [-0.2, 0) is 0 Å². The van der Waals surface area contributed by atoms with Gasteiger partial charge < -0.3 is 14.2 Å². The molecule has 134 valence electrons. The summed E-state index contributed by atoms with van der Waals surface area (Å²) in [7, 11) is 0. The van der Waals surface area contributed by atoms with Gasteiger partial charge in [0.1, 0.15) is 9.88 Å². The van der Waals surface area contributed by atoms with Crippen LogP contribution in [-0.4, -0.2) is 52.2 Å². The molecular formula is C18H19N5O2S. The fraction of sp³-hybridized carbons (Fsp3) is 0.333. The molecule has 0 spiro atoms. The molecule has 1 aliphatic heterocycles. The molecule has 0 bridgehead atoms. The Hall–Kier alpha value is -2.74. The molecule has 0 saturated carbocycles. The summed E-state index contributed by atoms with van der Waals surface area (Å²) in [5, 5.41) is 8.79. The zero-order valence-corrected chi connectivity index (χ0v) is 15.5. The van der Waals surface area contributed by atoms with E-state index in [9.17, 15) is 4.79 Å². The van der Waals surface area contributed by atoms with Crippen molar-refractivity contribution in [3.05, 3.63) is 46.8 Å². The molecule has 1 saturated heterocycles. The van der Waals surface area contributed by atoms with Crippen molar-refractivity contribution in [2.24, 2.45) is 0 Å². The minimum absolute atomic E-state index is 0.0449. The van der Waals surface area contributed by atoms with Gasteiger partial charge in [-0.1, -0.05) is 35.4 Å². The first-order valence-electron chi connectivity index (χ1n) is 8.49. The van der Waals surface area contributed by atoms with Gasteiger partial charge in [-0.05, 0) is 6.92 Å². The van der Waals surface area contributed by atoms with Gasteiger partial charge in [-0.25, -0.2) is 4.98 Å². The number of aryl methyl sites for hydroxylation is 2. The van der Waals surface area contributed by atoms with Crippen molar-refractivity contribution >= 4 is 23.3 Å². The highest BCUT2D eigenvalue weighted by molar-refractivity contribution is 7.17. The van der Waals surface area contributed by atoms with E-state index < -0.39 is 0 Å². The van der Waals surface area contributed by atoms with Crippen molar-refractivity contribution in [3.63, 3.8) is 0 Å². The molecule has 4 rings (SSSR count). The Morgan fingerprint density at radius 3 is 2.46 bits per heavy atom. The zero-order chi connectivity index (χ0) is 18.1. The van der Waals surface area contributed by atoms with Crippen LogP contribution in [0.4, 0.5) is 6.01 Å². The molecule has 8 heteroatoms. The van der Waals surface area contributed by atoms with Gasteiger partial charge in [-0.15, -0.1) is 16.4 Å². The van der Waals surface area contributed by atoms with Gasteiger partial charge >= 0.3 is 6.01 Å². The maximum atomic E-state index is 12.9. The van der Waals surface area contributed by atoms with E-state index in [1.165, 1.54) is 11.3 Å². The van der Waals surface area contributed by atoms with Gasteiger partial charge in [0.15, 0.2) is 0 Å². The largest absolute Gasteiger partial charge is 0.408 e. The maximum Gasteiger partial charge on any atom is 0.318 e. The van der Waals surface area contributed by atoms with Crippen LogP contribution in [0.3, 0.4) is 0 Å². The van der Waals surface area contributed by atoms with Gasteiger partial charge in [0.25, 0.3) is 5.91 Å². The monoisotopic (exact) mass is 369 g/mol. The van der Waals surface area contributed by atoms with E-state index in [1.807, 2.05) is 47.1 Å². The third kappa shape index (κ3) is 3.20. The summed E-state index contributed by atoms with van der Waals surface area (Å²) in [4.78, 5) is 22.1. The average molecular weight is 369 g/mol. The zero-order valence-electron chi connectivity index (χ0n) is 14.7. The number of rotatable bonds is 3. The molecule has 0 aliphatic carbocycles. The van der Waals surface area contributed by atoms with Crippen molar-refractivity contribution in [3.8, 4) is 10.6 Å². The van der Waals surface area contributed by atoms with E-state index in [1.54, 1.807) is 6.92 Å². The van der Waals surface area contributed by atoms with Crippen molar-refractivity contribution in [1.82, 2.24) is 20.1 Å². The van der Waals surface area contributed by atoms with Crippen LogP contribution < -0.4 is 4.90 Å². The van der Waals surface area contributed by atoms with Crippen LogP contribution in [0.15, 0.2) is 34.7 Å². The van der Waals surface area contributed by atoms with Crippen LogP contribution in [0.25, 0.3) is 10.6 Å². The lowest BCUT2D eigenvalue weighted by atomic mass is 10.2. The maximum absolute atomic E-state index is 12.9. The van der Waals surface area contributed by atoms with Gasteiger partial charge in [0.2, 0.25) is 5.89 Å². The van der Waals surface area contributed by atoms with Gasteiger partial charge in [0, 0.05) is 38.7 Å². The number of hydrogen-bond donors (Lipinski definition) is 0. The Kier molecular flexibility index (Phi) is 4.42. The number of hydrogen-bond acceptors (Lipinski definition) is 7. The highest BCUT2D eigenvalue weighted by Crippen LogP contribution is 2.29. The molecule has 1 aromatic carbocycles. The van der Waals surface area contributed by atoms with Crippen LogP contribution in [0, 0.1) is 13.8 Å². The number of aromatic nitrogens is 3. The number of benzene rings is 1. The number of anilines is 1. The molecular weight excluding hydrogens is 350 g/mol. The normalized spacial score (nSPS) is 14.7. The van der Waals surface area contributed by atoms with E-state index in [-0.39, 0.29) is 5.91 Å². The van der Waals surface area contributed by atoms with Crippen molar-refractivity contribution in [2.75, 3.05) is 31.1 Å². The first-order valence-corrected chi connectivity index (χ1v) is 9.30. The highest BCUT2D eigenvalue weighted by Gasteiger charge is 2.27. The number of amides is 1. The van der Waals surface area contributed by atoms with E-state index >= 15 is 0 Å². The second kappa shape index (κ2) is 6.87. The van der Waals surface area contributed by atoms with Gasteiger partial charge in [-0.2, -0.15) is 0 Å². The van der Waals surface area contributed by atoms with Gasteiger partial charge in [0.05, 0.1) is 5.69 Å². The molecule has 1 aliphatic rings. The van der Waals surface area contributed by atoms with Crippen LogP contribution in [0.5, 0.6) is 0 Å². The van der Waals surface area contributed by atoms with Crippen molar-refractivity contribution in [2.45, 2.75) is 13.8 Å². The lowest BCUT2D eigenvalue weighted by Crippen LogP contribution is -2.48. The molecule has 0 N–H and O–H groups in total. The van der Waals surface area contributed by atoms with Crippen molar-refractivity contribution < 1.29 is 9.21 Å². The summed E-state index contributed by atoms with van der Waals surface area (Å²) < 4.78 is 5.47. The lowest BCUT2D eigenvalue weighted by molar-refractivity contribution is 0.0749. The molecule has 3 heterocycles. The summed E-state index contributed by atoms with van der Waals surface area (Å²) >= 11 is 1.46. The van der Waals surface area contributed by atoms with E-state index in [0.717, 1.165) is 16.3 Å². The molecule has 0 unspecified atom stereocenters. The second-order valence-electron chi connectivity index (χ2n) is 6.18. The molecule has 1 fully saturated rings. The first kappa shape index (κ1) is 16.7. The van der Waals surface area contributed by atoms with E-state index in [4.69, 9.17) is 4.42 Å². The average Bonchev–Trinajstić information content (AvgIpc) is 3.28. The van der Waals surface area contributed by atoms with Crippen LogP contribution >= 0.6 is 11.3 Å². The number of carbonyl (C=O) groups excluding carboxylic acids is 1. The molecule has 2 aromatic heterocycles. The fourth-order valence-electron chi connectivity index (χ4n) is 2.96. The predicted molar refractivity (Wildman–Crippen MR) is 99.4 cm³/mol. The van der Waals surface area contributed by atoms with Crippen molar-refractivity contribution in [1.29, 1.82) is 0 Å². The topological polar surface area (TPSA) is 75.4 Å². The minimum atomic E-state index is 0.0449. The van der Waals surface area contributed by atoms with Gasteiger partial charge in [-0.3, -0.25) is 4.79 Å². The Balaban J connectivity index is 1.46. The fourth-order valence-corrected chi connectivity index (χ4v) is 4.00. The quantitative estimate of drug-likeness (QED) is 0.707. The molecule has 7 nitrogen and oxygen atoms in total. The summed E-state index contributed by atoms with van der Waals surface area (Å²) in [5.74, 6) is 0.593. The Labute approximate surface area is 155 Å². The minimum Gasteiger partial charge on any atom is -0.408 e. The van der Waals surface area contributed by atoms with Crippen LogP contribution in [0.1, 0.15) is 21.3 Å². The predicted octanol–water partition coefficient (Wildman–Crippen LogP) is 2.77. The molecule has 1 amide bonds. The number of piperazine rings is 1. The summed E-state index contributed by atoms with van der Waals surface area (Å²) in [5.41, 5.74) is 1.82. The third-order valence-electron chi connectivity index (χ3n) is 4.36. The lowest BCUT2D eigenvalue weighted by Gasteiger charge is -2.33. The standard InChI is InChI=1S/C18H19N5O2S/c1-12-15(26-16(19-12)14-6-4-3-5-7-14)17(24)22-8-10-23(11-9-22)18-21-20-13(2)25-18/h3-7H,8-11H2,1-2H3. The second-order valence-corrected chi connectivity index (χ2v) is 7.18. The van der Waals surface area contributed by atoms with E-state index in [0.29, 0.717) is 43.0 Å². The smallest absolute Gasteiger partial charge is 0.318 e. The first-order chi connectivity index (χ1) is 12.6. The number of carbonyl (C=O) groups is 1. The molecule has 26 heavy (non-hydrogen) atoms. The number of thiazole rings is 1. The summed E-state index contributed by atoms with van der Waals surface area (Å²) in [6.07, 6.45) is 0. The van der Waals surface area contributed by atoms with E-state index in [2.05, 4.69) is 15.2 Å². The van der Waals surface area contributed by atoms with Crippen LogP contribution in [0.2, 0.25) is 0 Å². The highest BCUT2D eigenvalue weighted by atomic mass is 32.1. The molecule has 3 aromatic rings. The Morgan fingerprint density at radius 1 is 1.08 bits per heavy atom. The Morgan fingerprint density at radius 2 is 1.81 bits per heavy atom. The third-order valence-corrected chi connectivity index (χ3v) is 5.56. The summed E-state index contributed by atoms with van der Waals surface area (Å²) in [6.45, 7) is 6.27. The molecule has 0 atom stereocenters. The summed E-state index contributed by atoms with van der Waals surface area (Å²) in [6, 6.07) is 10.5. The SMILES string of the molecule is Cc1nnc(N2CCN(C(=O)c3sc(-c4ccccc4)nc3C)CC2)o1. The molecule has 0 radical (unpaired) electrons.